The van der Waals surface area contributed by atoms with Crippen LogP contribution in [-0.2, 0) is 20.7 Å². The van der Waals surface area contributed by atoms with Crippen LogP contribution in [0.4, 0.5) is 0 Å². The molecule has 0 unspecified atom stereocenters. The Bertz CT molecular complexity index is 888. The molecule has 2 heterocycles. The van der Waals surface area contributed by atoms with E-state index in [1.54, 1.807) is 0 Å². The van der Waals surface area contributed by atoms with Crippen LogP contribution < -0.4 is 10.5 Å². The molecule has 126 valence electrons. The van der Waals surface area contributed by atoms with E-state index >= 15 is 0 Å². The number of rotatable bonds is 4. The van der Waals surface area contributed by atoms with E-state index in [1.165, 1.54) is 16.6 Å². The first-order chi connectivity index (χ1) is 11.5. The van der Waals surface area contributed by atoms with Crippen molar-refractivity contribution in [3.05, 3.63) is 41.6 Å². The first kappa shape index (κ1) is 15.2. The summed E-state index contributed by atoms with van der Waals surface area (Å²) in [5, 5.41) is 9.80. The van der Waals surface area contributed by atoms with Crippen LogP contribution in [0.5, 0.6) is 5.75 Å². The van der Waals surface area contributed by atoms with Crippen LogP contribution in [0.3, 0.4) is 0 Å². The molecule has 1 aliphatic rings. The highest BCUT2D eigenvalue weighted by Gasteiger charge is 2.31. The third-order valence-electron chi connectivity index (χ3n) is 5.16. The molecule has 0 bridgehead atoms. The molecule has 2 N–H and O–H groups in total. The Kier molecular flexibility index (Phi) is 3.57. The molecule has 1 aromatic carbocycles. The van der Waals surface area contributed by atoms with Crippen molar-refractivity contribution in [2.45, 2.75) is 38.3 Å². The Morgan fingerprint density at radius 3 is 2.71 bits per heavy atom. The number of fused-ring (bicyclic) bond motifs is 1. The third kappa shape index (κ3) is 2.47. The van der Waals surface area contributed by atoms with Crippen molar-refractivity contribution in [3.63, 3.8) is 0 Å². The van der Waals surface area contributed by atoms with Gasteiger partial charge in [0.2, 0.25) is 0 Å². The highest BCUT2D eigenvalue weighted by molar-refractivity contribution is 5.82. The van der Waals surface area contributed by atoms with Gasteiger partial charge in [-0.1, -0.05) is 0 Å². The molecule has 24 heavy (non-hydrogen) atoms. The van der Waals surface area contributed by atoms with Crippen LogP contribution in [0.1, 0.15) is 36.1 Å². The SMILES string of the molecule is Cc1cc2cc(OCc3nnc(C4CC(N)C4)n3C)ccc2n1C. The Morgan fingerprint density at radius 1 is 1.17 bits per heavy atom. The molecule has 0 aliphatic heterocycles. The van der Waals surface area contributed by atoms with Gasteiger partial charge >= 0.3 is 0 Å². The van der Waals surface area contributed by atoms with Crippen molar-refractivity contribution in [2.24, 2.45) is 19.8 Å². The van der Waals surface area contributed by atoms with Gasteiger partial charge in [-0.3, -0.25) is 0 Å². The molecular weight excluding hydrogens is 302 g/mol. The topological polar surface area (TPSA) is 70.9 Å². The van der Waals surface area contributed by atoms with Crippen molar-refractivity contribution >= 4 is 10.9 Å². The zero-order chi connectivity index (χ0) is 16.8. The Labute approximate surface area is 141 Å². The minimum atomic E-state index is 0.312. The normalized spacial score (nSPS) is 20.3. The second-order valence-corrected chi connectivity index (χ2v) is 6.82. The number of hydrogen-bond acceptors (Lipinski definition) is 4. The average molecular weight is 325 g/mol. The van der Waals surface area contributed by atoms with Crippen LogP contribution in [0.2, 0.25) is 0 Å². The summed E-state index contributed by atoms with van der Waals surface area (Å²) in [5.74, 6) is 3.15. The Hall–Kier alpha value is -2.34. The van der Waals surface area contributed by atoms with Gasteiger partial charge in [0.05, 0.1) is 0 Å². The summed E-state index contributed by atoms with van der Waals surface area (Å²) >= 11 is 0. The smallest absolute Gasteiger partial charge is 0.170 e. The molecule has 0 radical (unpaired) electrons. The summed E-state index contributed by atoms with van der Waals surface area (Å²) in [6.45, 7) is 2.52. The summed E-state index contributed by atoms with van der Waals surface area (Å²) in [4.78, 5) is 0. The maximum atomic E-state index is 5.94. The van der Waals surface area contributed by atoms with E-state index in [0.29, 0.717) is 18.6 Å². The molecule has 1 aliphatic carbocycles. The number of ether oxygens (including phenoxy) is 1. The molecule has 2 aromatic heterocycles. The van der Waals surface area contributed by atoms with Crippen LogP contribution in [-0.4, -0.2) is 25.4 Å². The maximum absolute atomic E-state index is 5.94. The number of benzene rings is 1. The highest BCUT2D eigenvalue weighted by atomic mass is 16.5. The molecule has 1 saturated carbocycles. The first-order valence-corrected chi connectivity index (χ1v) is 8.35. The number of nitrogens with zero attached hydrogens (tertiary/aromatic N) is 4. The largest absolute Gasteiger partial charge is 0.486 e. The van der Waals surface area contributed by atoms with Crippen LogP contribution in [0.15, 0.2) is 24.3 Å². The van der Waals surface area contributed by atoms with Crippen molar-refractivity contribution in [1.82, 2.24) is 19.3 Å². The van der Waals surface area contributed by atoms with Crippen LogP contribution in [0.25, 0.3) is 10.9 Å². The standard InChI is InChI=1S/C18H23N5O/c1-11-6-12-9-15(4-5-16(12)22(11)2)24-10-17-20-21-18(23(17)3)13-7-14(19)8-13/h4-6,9,13-14H,7-8,10,19H2,1-3H3. The van der Waals surface area contributed by atoms with Gasteiger partial charge < -0.3 is 19.6 Å². The molecule has 4 rings (SSSR count). The van der Waals surface area contributed by atoms with Gasteiger partial charge in [0.25, 0.3) is 0 Å². The van der Waals surface area contributed by atoms with E-state index in [9.17, 15) is 0 Å². The Balaban J connectivity index is 1.49. The molecule has 1 fully saturated rings. The van der Waals surface area contributed by atoms with E-state index < -0.39 is 0 Å². The fourth-order valence-electron chi connectivity index (χ4n) is 3.43. The molecule has 0 spiro atoms. The maximum Gasteiger partial charge on any atom is 0.170 e. The molecule has 6 nitrogen and oxygen atoms in total. The van der Waals surface area contributed by atoms with Gasteiger partial charge in [0.1, 0.15) is 18.2 Å². The monoisotopic (exact) mass is 325 g/mol. The number of nitrogens with two attached hydrogens (primary N) is 1. The quantitative estimate of drug-likeness (QED) is 0.799. The fraction of sp³-hybridized carbons (Fsp3) is 0.444. The second kappa shape index (κ2) is 5.63. The summed E-state index contributed by atoms with van der Waals surface area (Å²) in [6.07, 6.45) is 1.99. The van der Waals surface area contributed by atoms with Crippen molar-refractivity contribution in [3.8, 4) is 5.75 Å². The first-order valence-electron chi connectivity index (χ1n) is 8.35. The fourth-order valence-corrected chi connectivity index (χ4v) is 3.43. The van der Waals surface area contributed by atoms with Gasteiger partial charge in [-0.05, 0) is 44.0 Å². The molecule has 6 heteroatoms. The molecular formula is C18H23N5O. The van der Waals surface area contributed by atoms with Gasteiger partial charge in [0.15, 0.2) is 5.82 Å². The zero-order valence-electron chi connectivity index (χ0n) is 14.4. The van der Waals surface area contributed by atoms with Crippen molar-refractivity contribution < 1.29 is 4.74 Å². The highest BCUT2D eigenvalue weighted by Crippen LogP contribution is 2.34. The minimum absolute atomic E-state index is 0.312. The Morgan fingerprint density at radius 2 is 1.96 bits per heavy atom. The minimum Gasteiger partial charge on any atom is -0.486 e. The van der Waals surface area contributed by atoms with Gasteiger partial charge in [0, 0.05) is 42.7 Å². The van der Waals surface area contributed by atoms with Crippen molar-refractivity contribution in [1.29, 1.82) is 0 Å². The second-order valence-electron chi connectivity index (χ2n) is 6.82. The van der Waals surface area contributed by atoms with E-state index in [4.69, 9.17) is 10.5 Å². The van der Waals surface area contributed by atoms with Gasteiger partial charge in [-0.25, -0.2) is 0 Å². The van der Waals surface area contributed by atoms with Crippen LogP contribution >= 0.6 is 0 Å². The van der Waals surface area contributed by atoms with E-state index in [2.05, 4.69) is 46.9 Å². The van der Waals surface area contributed by atoms with Gasteiger partial charge in [-0.15, -0.1) is 10.2 Å². The predicted octanol–water partition coefficient (Wildman–Crippen LogP) is 2.40. The van der Waals surface area contributed by atoms with E-state index in [-0.39, 0.29) is 0 Å². The number of aryl methyl sites for hydroxylation is 2. The lowest BCUT2D eigenvalue weighted by molar-refractivity contribution is 0.288. The molecule has 0 atom stereocenters. The van der Waals surface area contributed by atoms with E-state index in [1.807, 2.05) is 17.7 Å². The average Bonchev–Trinajstić information content (AvgIpc) is 3.03. The van der Waals surface area contributed by atoms with E-state index in [0.717, 1.165) is 30.2 Å². The summed E-state index contributed by atoms with van der Waals surface area (Å²) < 4.78 is 10.2. The number of hydrogen-bond donors (Lipinski definition) is 1. The van der Waals surface area contributed by atoms with Crippen molar-refractivity contribution in [2.75, 3.05) is 0 Å². The molecule has 0 amide bonds. The zero-order valence-corrected chi connectivity index (χ0v) is 14.4. The predicted molar refractivity (Wildman–Crippen MR) is 92.9 cm³/mol. The lowest BCUT2D eigenvalue weighted by Crippen LogP contribution is -2.36. The summed E-state index contributed by atoms with van der Waals surface area (Å²) in [6, 6.07) is 8.65. The molecule has 3 aromatic rings. The summed E-state index contributed by atoms with van der Waals surface area (Å²) in [7, 11) is 4.08. The summed E-state index contributed by atoms with van der Waals surface area (Å²) in [5.41, 5.74) is 8.32. The molecule has 0 saturated heterocycles. The lowest BCUT2D eigenvalue weighted by Gasteiger charge is -2.31. The van der Waals surface area contributed by atoms with Crippen LogP contribution in [0, 0.1) is 6.92 Å². The van der Waals surface area contributed by atoms with Gasteiger partial charge in [-0.2, -0.15) is 0 Å². The number of aromatic nitrogens is 4. The third-order valence-corrected chi connectivity index (χ3v) is 5.16. The lowest BCUT2D eigenvalue weighted by atomic mass is 9.80.